The fourth-order valence-electron chi connectivity index (χ4n) is 1.98. The second-order valence-electron chi connectivity index (χ2n) is 4.22. The van der Waals surface area contributed by atoms with Crippen molar-refractivity contribution in [1.29, 1.82) is 0 Å². The molecule has 0 bridgehead atoms. The van der Waals surface area contributed by atoms with Crippen LogP contribution in [0.5, 0.6) is 11.5 Å². The molecule has 0 spiro atoms. The molecule has 3 rings (SSSR count). The highest BCUT2D eigenvalue weighted by Gasteiger charge is 2.21. The van der Waals surface area contributed by atoms with Gasteiger partial charge in [0.25, 0.3) is 0 Å². The molecular weight excluding hydrogens is 250 g/mol. The highest BCUT2D eigenvalue weighted by Crippen LogP contribution is 2.40. The van der Waals surface area contributed by atoms with Crippen LogP contribution in [0.15, 0.2) is 22.7 Å². The summed E-state index contributed by atoms with van der Waals surface area (Å²) in [6.07, 6.45) is 0. The molecule has 1 aliphatic rings. The van der Waals surface area contributed by atoms with E-state index in [1.807, 2.05) is 19.1 Å². The van der Waals surface area contributed by atoms with Crippen molar-refractivity contribution in [1.82, 2.24) is 5.16 Å². The van der Waals surface area contributed by atoms with Crippen molar-refractivity contribution < 1.29 is 23.9 Å². The first kappa shape index (κ1) is 11.6. The van der Waals surface area contributed by atoms with Crippen molar-refractivity contribution in [2.24, 2.45) is 0 Å². The van der Waals surface area contributed by atoms with Gasteiger partial charge in [-0.05, 0) is 24.6 Å². The van der Waals surface area contributed by atoms with Gasteiger partial charge in [-0.2, -0.15) is 0 Å². The van der Waals surface area contributed by atoms with Gasteiger partial charge < -0.3 is 19.1 Å². The number of ether oxygens (including phenoxy) is 2. The van der Waals surface area contributed by atoms with E-state index in [1.54, 1.807) is 0 Å². The summed E-state index contributed by atoms with van der Waals surface area (Å²) in [6, 6.07) is 5.10. The zero-order valence-electron chi connectivity index (χ0n) is 10.2. The first-order chi connectivity index (χ1) is 9.15. The quantitative estimate of drug-likeness (QED) is 0.891. The number of benzene rings is 1. The van der Waals surface area contributed by atoms with Gasteiger partial charge in [0.1, 0.15) is 18.9 Å². The first-order valence-electron chi connectivity index (χ1n) is 5.76. The monoisotopic (exact) mass is 261 g/mol. The normalized spacial score (nSPS) is 13.3. The van der Waals surface area contributed by atoms with E-state index in [0.717, 1.165) is 5.56 Å². The van der Waals surface area contributed by atoms with Gasteiger partial charge in [-0.1, -0.05) is 5.16 Å². The van der Waals surface area contributed by atoms with Crippen LogP contribution in [0.2, 0.25) is 0 Å². The van der Waals surface area contributed by atoms with E-state index in [2.05, 4.69) is 5.16 Å². The zero-order valence-corrected chi connectivity index (χ0v) is 10.2. The maximum absolute atomic E-state index is 10.8. The second kappa shape index (κ2) is 4.31. The van der Waals surface area contributed by atoms with Crippen molar-refractivity contribution in [3.05, 3.63) is 29.5 Å². The van der Waals surface area contributed by atoms with E-state index in [9.17, 15) is 4.79 Å². The Kier molecular flexibility index (Phi) is 2.63. The predicted molar refractivity (Wildman–Crippen MR) is 64.6 cm³/mol. The number of rotatable bonds is 2. The Labute approximate surface area is 108 Å². The highest BCUT2D eigenvalue weighted by atomic mass is 16.6. The Bertz CT molecular complexity index is 646. The fraction of sp³-hybridized carbons (Fsp3) is 0.231. The SMILES string of the molecule is Cc1cc2c(c(-c3cc(C(=O)O)on3)c1)OCCO2. The van der Waals surface area contributed by atoms with Crippen molar-refractivity contribution in [2.45, 2.75) is 6.92 Å². The van der Waals surface area contributed by atoms with Gasteiger partial charge >= 0.3 is 5.97 Å². The Morgan fingerprint density at radius 2 is 2.05 bits per heavy atom. The number of carboxylic acids is 1. The lowest BCUT2D eigenvalue weighted by Crippen LogP contribution is -2.16. The molecule has 0 amide bonds. The number of aromatic carboxylic acids is 1. The van der Waals surface area contributed by atoms with Crippen LogP contribution >= 0.6 is 0 Å². The van der Waals surface area contributed by atoms with Gasteiger partial charge in [0.05, 0.1) is 0 Å². The summed E-state index contributed by atoms with van der Waals surface area (Å²) in [6.45, 7) is 2.86. The molecule has 6 heteroatoms. The zero-order chi connectivity index (χ0) is 13.4. The standard InChI is InChI=1S/C13H11NO5/c1-7-4-8(9-6-11(13(15)16)19-14-9)12-10(5-7)17-2-3-18-12/h4-6H,2-3H2,1H3,(H,15,16). The molecule has 0 atom stereocenters. The molecule has 0 unspecified atom stereocenters. The van der Waals surface area contributed by atoms with Crippen LogP contribution in [0.4, 0.5) is 0 Å². The molecule has 19 heavy (non-hydrogen) atoms. The smallest absolute Gasteiger partial charge is 0.374 e. The maximum Gasteiger partial charge on any atom is 0.374 e. The molecule has 1 aromatic carbocycles. The van der Waals surface area contributed by atoms with E-state index >= 15 is 0 Å². The molecule has 0 radical (unpaired) electrons. The average Bonchev–Trinajstić information content (AvgIpc) is 2.87. The van der Waals surface area contributed by atoms with Crippen LogP contribution in [0.1, 0.15) is 16.1 Å². The molecular formula is C13H11NO5. The van der Waals surface area contributed by atoms with Crippen LogP contribution in [-0.2, 0) is 0 Å². The Hall–Kier alpha value is -2.50. The minimum Gasteiger partial charge on any atom is -0.486 e. The molecule has 98 valence electrons. The lowest BCUT2D eigenvalue weighted by Gasteiger charge is -2.21. The number of carbonyl (C=O) groups is 1. The molecule has 0 aliphatic carbocycles. The average molecular weight is 261 g/mol. The highest BCUT2D eigenvalue weighted by molar-refractivity contribution is 5.86. The van der Waals surface area contributed by atoms with Crippen molar-refractivity contribution in [3.8, 4) is 22.8 Å². The van der Waals surface area contributed by atoms with E-state index < -0.39 is 5.97 Å². The second-order valence-corrected chi connectivity index (χ2v) is 4.22. The molecule has 0 saturated carbocycles. The fourth-order valence-corrected chi connectivity index (χ4v) is 1.98. The van der Waals surface area contributed by atoms with E-state index in [1.165, 1.54) is 6.07 Å². The molecule has 1 aliphatic heterocycles. The summed E-state index contributed by atoms with van der Waals surface area (Å²) in [5.41, 5.74) is 2.06. The third-order valence-electron chi connectivity index (χ3n) is 2.78. The van der Waals surface area contributed by atoms with Crippen LogP contribution in [0.3, 0.4) is 0 Å². The van der Waals surface area contributed by atoms with E-state index in [4.69, 9.17) is 19.1 Å². The molecule has 1 N–H and O–H groups in total. The van der Waals surface area contributed by atoms with Gasteiger partial charge in [-0.25, -0.2) is 4.79 Å². The number of hydrogen-bond donors (Lipinski definition) is 1. The van der Waals surface area contributed by atoms with Gasteiger partial charge in [0.15, 0.2) is 11.5 Å². The molecule has 2 aromatic rings. The predicted octanol–water partition coefficient (Wildman–Crippen LogP) is 2.12. The maximum atomic E-state index is 10.8. The molecule has 6 nitrogen and oxygen atoms in total. The lowest BCUT2D eigenvalue weighted by atomic mass is 10.1. The molecule has 0 fully saturated rings. The van der Waals surface area contributed by atoms with Crippen LogP contribution in [0.25, 0.3) is 11.3 Å². The van der Waals surface area contributed by atoms with Crippen LogP contribution in [-0.4, -0.2) is 29.4 Å². The van der Waals surface area contributed by atoms with Crippen LogP contribution < -0.4 is 9.47 Å². The van der Waals surface area contributed by atoms with Crippen molar-refractivity contribution in [3.63, 3.8) is 0 Å². The van der Waals surface area contributed by atoms with Gasteiger partial charge in [-0.3, -0.25) is 0 Å². The van der Waals surface area contributed by atoms with Crippen molar-refractivity contribution >= 4 is 5.97 Å². The van der Waals surface area contributed by atoms with Crippen molar-refractivity contribution in [2.75, 3.05) is 13.2 Å². The third-order valence-corrected chi connectivity index (χ3v) is 2.78. The largest absolute Gasteiger partial charge is 0.486 e. The summed E-state index contributed by atoms with van der Waals surface area (Å²) in [5.74, 6) is -0.150. The van der Waals surface area contributed by atoms with Crippen LogP contribution in [0, 0.1) is 6.92 Å². The molecule has 0 saturated heterocycles. The number of aromatic nitrogens is 1. The van der Waals surface area contributed by atoms with E-state index in [-0.39, 0.29) is 5.76 Å². The van der Waals surface area contributed by atoms with Gasteiger partial charge in [-0.15, -0.1) is 0 Å². The third kappa shape index (κ3) is 2.01. The summed E-state index contributed by atoms with van der Waals surface area (Å²) >= 11 is 0. The lowest BCUT2D eigenvalue weighted by molar-refractivity contribution is 0.0652. The topological polar surface area (TPSA) is 81.8 Å². The Morgan fingerprint density at radius 1 is 1.26 bits per heavy atom. The van der Waals surface area contributed by atoms with Gasteiger partial charge in [0.2, 0.25) is 5.76 Å². The summed E-state index contributed by atoms with van der Waals surface area (Å²) in [7, 11) is 0. The number of fused-ring (bicyclic) bond motifs is 1. The Morgan fingerprint density at radius 3 is 2.79 bits per heavy atom. The molecule has 1 aromatic heterocycles. The summed E-state index contributed by atoms with van der Waals surface area (Å²) in [5, 5.41) is 12.6. The number of carboxylic acid groups (broad SMARTS) is 1. The number of aryl methyl sites for hydroxylation is 1. The summed E-state index contributed by atoms with van der Waals surface area (Å²) < 4.78 is 15.9. The van der Waals surface area contributed by atoms with E-state index in [0.29, 0.717) is 36.0 Å². The minimum absolute atomic E-state index is 0.206. The molecule has 2 heterocycles. The summed E-state index contributed by atoms with van der Waals surface area (Å²) in [4.78, 5) is 10.8. The Balaban J connectivity index is 2.12. The number of nitrogens with zero attached hydrogens (tertiary/aromatic N) is 1. The number of hydrogen-bond acceptors (Lipinski definition) is 5. The van der Waals surface area contributed by atoms with Gasteiger partial charge in [0, 0.05) is 11.6 Å². The minimum atomic E-state index is -1.16. The first-order valence-corrected chi connectivity index (χ1v) is 5.76.